The summed E-state index contributed by atoms with van der Waals surface area (Å²) in [6.07, 6.45) is 2.71. The lowest BCUT2D eigenvalue weighted by atomic mass is 9.99. The molecule has 0 radical (unpaired) electrons. The number of hydrogen-bond acceptors (Lipinski definition) is 3. The van der Waals surface area contributed by atoms with E-state index in [4.69, 9.17) is 0 Å². The topological polar surface area (TPSA) is 24.1 Å². The quantitative estimate of drug-likeness (QED) is 0.820. The molecule has 1 aliphatic rings. The van der Waals surface area contributed by atoms with Gasteiger partial charge in [-0.1, -0.05) is 6.07 Å². The fourth-order valence-corrected chi connectivity index (χ4v) is 2.84. The van der Waals surface area contributed by atoms with Crippen molar-refractivity contribution in [2.45, 2.75) is 25.8 Å². The molecule has 15 heavy (non-hydrogen) atoms. The molecule has 1 aromatic rings. The minimum atomic E-state index is 0.506. The molecule has 2 rings (SSSR count). The largest absolute Gasteiger partial charge is 0.316 e. The molecule has 0 aromatic carbocycles. The van der Waals surface area contributed by atoms with Gasteiger partial charge in [0, 0.05) is 10.9 Å². The zero-order valence-corrected chi connectivity index (χ0v) is 10.1. The van der Waals surface area contributed by atoms with Crippen LogP contribution in [0.5, 0.6) is 0 Å². The number of thiophene rings is 1. The standard InChI is InChI=1S/C12H20N2S/c1-10(12-5-3-7-15-12)14-9-11-4-2-6-13-8-11/h3,5,7,10-11,13-14H,2,4,6,8-9H2,1H3/t10-,11-/m0/s1. The van der Waals surface area contributed by atoms with Crippen LogP contribution in [0.25, 0.3) is 0 Å². The second-order valence-corrected chi connectivity index (χ2v) is 5.34. The molecule has 1 aromatic heterocycles. The Balaban J connectivity index is 1.73. The summed E-state index contributed by atoms with van der Waals surface area (Å²) in [5.74, 6) is 0.821. The zero-order valence-electron chi connectivity index (χ0n) is 9.33. The van der Waals surface area contributed by atoms with Gasteiger partial charge in [-0.05, 0) is 56.8 Å². The van der Waals surface area contributed by atoms with Gasteiger partial charge in [-0.2, -0.15) is 0 Å². The molecule has 0 spiro atoms. The van der Waals surface area contributed by atoms with E-state index in [9.17, 15) is 0 Å². The van der Waals surface area contributed by atoms with E-state index in [1.807, 2.05) is 11.3 Å². The molecule has 2 N–H and O–H groups in total. The summed E-state index contributed by atoms with van der Waals surface area (Å²) in [5, 5.41) is 9.23. The van der Waals surface area contributed by atoms with Crippen molar-refractivity contribution in [2.75, 3.05) is 19.6 Å². The van der Waals surface area contributed by atoms with Crippen LogP contribution in [0.15, 0.2) is 17.5 Å². The predicted molar refractivity (Wildman–Crippen MR) is 66.3 cm³/mol. The molecule has 0 aliphatic carbocycles. The van der Waals surface area contributed by atoms with Gasteiger partial charge >= 0.3 is 0 Å². The van der Waals surface area contributed by atoms with Gasteiger partial charge in [0.2, 0.25) is 0 Å². The van der Waals surface area contributed by atoms with E-state index in [2.05, 4.69) is 35.1 Å². The van der Waals surface area contributed by atoms with Gasteiger partial charge in [0.1, 0.15) is 0 Å². The van der Waals surface area contributed by atoms with Crippen LogP contribution in [0.2, 0.25) is 0 Å². The lowest BCUT2D eigenvalue weighted by molar-refractivity contribution is 0.349. The normalized spacial score (nSPS) is 23.9. The molecular weight excluding hydrogens is 204 g/mol. The van der Waals surface area contributed by atoms with Gasteiger partial charge in [0.05, 0.1) is 0 Å². The van der Waals surface area contributed by atoms with E-state index >= 15 is 0 Å². The third kappa shape index (κ3) is 3.30. The summed E-state index contributed by atoms with van der Waals surface area (Å²) in [6.45, 7) is 5.79. The predicted octanol–water partition coefficient (Wildman–Crippen LogP) is 2.40. The molecule has 0 unspecified atom stereocenters. The van der Waals surface area contributed by atoms with Crippen LogP contribution in [0.1, 0.15) is 30.7 Å². The smallest absolute Gasteiger partial charge is 0.0386 e. The van der Waals surface area contributed by atoms with E-state index in [1.54, 1.807) is 0 Å². The molecule has 3 heteroatoms. The summed E-state index contributed by atoms with van der Waals surface area (Å²) in [5.41, 5.74) is 0. The third-order valence-electron chi connectivity index (χ3n) is 3.08. The summed E-state index contributed by atoms with van der Waals surface area (Å²) >= 11 is 1.84. The first-order chi connectivity index (χ1) is 7.36. The maximum Gasteiger partial charge on any atom is 0.0386 e. The first-order valence-electron chi connectivity index (χ1n) is 5.84. The molecule has 2 atom stereocenters. The summed E-state index contributed by atoms with van der Waals surface area (Å²) in [4.78, 5) is 1.44. The summed E-state index contributed by atoms with van der Waals surface area (Å²) in [6, 6.07) is 4.84. The minimum Gasteiger partial charge on any atom is -0.316 e. The molecule has 0 saturated carbocycles. The maximum atomic E-state index is 3.63. The SMILES string of the molecule is C[C@H](NC[C@H]1CCCNC1)c1cccs1. The Kier molecular flexibility index (Phi) is 4.18. The van der Waals surface area contributed by atoms with Crippen LogP contribution in [0.3, 0.4) is 0 Å². The van der Waals surface area contributed by atoms with Gasteiger partial charge in [0.15, 0.2) is 0 Å². The summed E-state index contributed by atoms with van der Waals surface area (Å²) in [7, 11) is 0. The highest BCUT2D eigenvalue weighted by Crippen LogP contribution is 2.19. The monoisotopic (exact) mass is 224 g/mol. The van der Waals surface area contributed by atoms with E-state index in [-0.39, 0.29) is 0 Å². The van der Waals surface area contributed by atoms with E-state index in [1.165, 1.54) is 30.8 Å². The Morgan fingerprint density at radius 1 is 1.67 bits per heavy atom. The van der Waals surface area contributed by atoms with Crippen molar-refractivity contribution in [1.82, 2.24) is 10.6 Å². The maximum absolute atomic E-state index is 3.63. The second kappa shape index (κ2) is 5.64. The molecule has 1 aliphatic heterocycles. The van der Waals surface area contributed by atoms with Crippen LogP contribution in [-0.2, 0) is 0 Å². The van der Waals surface area contributed by atoms with E-state index in [0.29, 0.717) is 6.04 Å². The Morgan fingerprint density at radius 2 is 2.60 bits per heavy atom. The molecule has 1 fully saturated rings. The lowest BCUT2D eigenvalue weighted by Gasteiger charge is -2.24. The van der Waals surface area contributed by atoms with E-state index < -0.39 is 0 Å². The Morgan fingerprint density at radius 3 is 3.27 bits per heavy atom. The molecule has 2 heterocycles. The summed E-state index contributed by atoms with van der Waals surface area (Å²) < 4.78 is 0. The molecule has 0 bridgehead atoms. The Bertz CT molecular complexity index is 265. The number of hydrogen-bond donors (Lipinski definition) is 2. The Labute approximate surface area is 96.1 Å². The fraction of sp³-hybridized carbons (Fsp3) is 0.667. The first-order valence-corrected chi connectivity index (χ1v) is 6.71. The molecule has 84 valence electrons. The van der Waals surface area contributed by atoms with Gasteiger partial charge in [-0.15, -0.1) is 11.3 Å². The average molecular weight is 224 g/mol. The third-order valence-corrected chi connectivity index (χ3v) is 4.14. The van der Waals surface area contributed by atoms with Crippen molar-refractivity contribution in [1.29, 1.82) is 0 Å². The zero-order chi connectivity index (χ0) is 10.5. The van der Waals surface area contributed by atoms with Crippen molar-refractivity contribution >= 4 is 11.3 Å². The van der Waals surface area contributed by atoms with Gasteiger partial charge in [-0.3, -0.25) is 0 Å². The van der Waals surface area contributed by atoms with Crippen LogP contribution >= 0.6 is 11.3 Å². The highest BCUT2D eigenvalue weighted by molar-refractivity contribution is 7.10. The van der Waals surface area contributed by atoms with Gasteiger partial charge < -0.3 is 10.6 Å². The molecule has 2 nitrogen and oxygen atoms in total. The number of piperidine rings is 1. The van der Waals surface area contributed by atoms with E-state index in [0.717, 1.165) is 12.5 Å². The number of rotatable bonds is 4. The molecule has 0 amide bonds. The van der Waals surface area contributed by atoms with Crippen molar-refractivity contribution < 1.29 is 0 Å². The molecule has 1 saturated heterocycles. The minimum absolute atomic E-state index is 0.506. The van der Waals surface area contributed by atoms with Gasteiger partial charge in [0.25, 0.3) is 0 Å². The Hall–Kier alpha value is -0.380. The van der Waals surface area contributed by atoms with Crippen LogP contribution in [-0.4, -0.2) is 19.6 Å². The average Bonchev–Trinajstić information content (AvgIpc) is 2.81. The van der Waals surface area contributed by atoms with Crippen molar-refractivity contribution in [3.05, 3.63) is 22.4 Å². The van der Waals surface area contributed by atoms with Crippen LogP contribution < -0.4 is 10.6 Å². The fourth-order valence-electron chi connectivity index (χ4n) is 2.08. The van der Waals surface area contributed by atoms with Crippen molar-refractivity contribution in [2.24, 2.45) is 5.92 Å². The molecular formula is C12H20N2S. The van der Waals surface area contributed by atoms with Crippen molar-refractivity contribution in [3.8, 4) is 0 Å². The van der Waals surface area contributed by atoms with Crippen LogP contribution in [0, 0.1) is 5.92 Å². The van der Waals surface area contributed by atoms with Gasteiger partial charge in [-0.25, -0.2) is 0 Å². The van der Waals surface area contributed by atoms with Crippen LogP contribution in [0.4, 0.5) is 0 Å². The second-order valence-electron chi connectivity index (χ2n) is 4.36. The van der Waals surface area contributed by atoms with Crippen molar-refractivity contribution in [3.63, 3.8) is 0 Å². The highest BCUT2D eigenvalue weighted by atomic mass is 32.1. The highest BCUT2D eigenvalue weighted by Gasteiger charge is 2.14. The number of nitrogens with one attached hydrogen (secondary N) is 2. The lowest BCUT2D eigenvalue weighted by Crippen LogP contribution is -2.36. The first kappa shape index (κ1) is 11.1.